The van der Waals surface area contributed by atoms with Gasteiger partial charge in [-0.25, -0.2) is 0 Å². The summed E-state index contributed by atoms with van der Waals surface area (Å²) < 4.78 is 8.84. The minimum Gasteiger partial charge on any atom is -0.469 e. The number of ether oxygens (including phenoxy) is 2. The Kier molecular flexibility index (Phi) is 5.88. The van der Waals surface area contributed by atoms with Crippen LogP contribution in [0.2, 0.25) is 0 Å². The van der Waals surface area contributed by atoms with Crippen LogP contribution in [0.4, 0.5) is 0 Å². The summed E-state index contributed by atoms with van der Waals surface area (Å²) in [6, 6.07) is -0.341. The Bertz CT molecular complexity index is 181. The highest BCUT2D eigenvalue weighted by atomic mass is 16.5. The van der Waals surface area contributed by atoms with Crippen LogP contribution in [0.5, 0.6) is 0 Å². The number of carbonyl (C=O) groups is 2. The van der Waals surface area contributed by atoms with E-state index in [2.05, 4.69) is 9.47 Å². The molecule has 0 amide bonds. The van der Waals surface area contributed by atoms with E-state index in [9.17, 15) is 9.59 Å². The van der Waals surface area contributed by atoms with Crippen LogP contribution in [0.3, 0.4) is 0 Å². The quantitative estimate of drug-likeness (QED) is 0.607. The number of hydrogen-bond acceptors (Lipinski definition) is 5. The molecule has 0 aliphatic rings. The summed E-state index contributed by atoms with van der Waals surface area (Å²) >= 11 is 0. The van der Waals surface area contributed by atoms with Crippen LogP contribution in [-0.4, -0.2) is 32.2 Å². The highest BCUT2D eigenvalue weighted by molar-refractivity contribution is 5.71. The van der Waals surface area contributed by atoms with E-state index in [1.54, 1.807) is 0 Å². The Morgan fingerprint density at radius 2 is 1.77 bits per heavy atom. The average molecular weight is 189 g/mol. The van der Waals surface area contributed by atoms with E-state index in [4.69, 9.17) is 5.73 Å². The molecule has 0 fully saturated rings. The zero-order valence-corrected chi connectivity index (χ0v) is 7.91. The van der Waals surface area contributed by atoms with Gasteiger partial charge in [-0.2, -0.15) is 0 Å². The van der Waals surface area contributed by atoms with Crippen molar-refractivity contribution in [3.05, 3.63) is 0 Å². The van der Waals surface area contributed by atoms with Gasteiger partial charge in [0.15, 0.2) is 0 Å². The summed E-state index contributed by atoms with van der Waals surface area (Å²) in [6.07, 6.45) is 0.796. The Morgan fingerprint density at radius 3 is 2.23 bits per heavy atom. The predicted molar refractivity (Wildman–Crippen MR) is 45.9 cm³/mol. The third-order valence-electron chi connectivity index (χ3n) is 1.60. The molecule has 0 rings (SSSR count). The topological polar surface area (TPSA) is 78.6 Å². The van der Waals surface area contributed by atoms with Gasteiger partial charge in [-0.3, -0.25) is 9.59 Å². The van der Waals surface area contributed by atoms with Gasteiger partial charge in [-0.15, -0.1) is 0 Å². The summed E-state index contributed by atoms with van der Waals surface area (Å²) in [7, 11) is 2.61. The first-order chi connectivity index (χ1) is 6.10. The smallest absolute Gasteiger partial charge is 0.307 e. The fourth-order valence-electron chi connectivity index (χ4n) is 0.805. The summed E-state index contributed by atoms with van der Waals surface area (Å²) in [4.78, 5) is 21.4. The molecular formula is C8H15NO4. The summed E-state index contributed by atoms with van der Waals surface area (Å²) in [5, 5.41) is 0. The first-order valence-electron chi connectivity index (χ1n) is 3.99. The summed E-state index contributed by atoms with van der Waals surface area (Å²) in [5.41, 5.74) is 5.54. The Morgan fingerprint density at radius 1 is 1.23 bits per heavy atom. The van der Waals surface area contributed by atoms with Crippen molar-refractivity contribution in [2.24, 2.45) is 5.73 Å². The van der Waals surface area contributed by atoms with Crippen LogP contribution in [0.15, 0.2) is 0 Å². The largest absolute Gasteiger partial charge is 0.469 e. The molecule has 5 nitrogen and oxygen atoms in total. The van der Waals surface area contributed by atoms with E-state index >= 15 is 0 Å². The molecule has 76 valence electrons. The number of hydrogen-bond donors (Lipinski definition) is 1. The second-order valence-electron chi connectivity index (χ2n) is 2.66. The maximum absolute atomic E-state index is 10.7. The number of rotatable bonds is 5. The third-order valence-corrected chi connectivity index (χ3v) is 1.60. The fraction of sp³-hybridized carbons (Fsp3) is 0.750. The lowest BCUT2D eigenvalue weighted by Crippen LogP contribution is -2.25. The van der Waals surface area contributed by atoms with Gasteiger partial charge in [-0.1, -0.05) is 0 Å². The molecule has 0 radical (unpaired) electrons. The minimum atomic E-state index is -0.364. The number of methoxy groups -OCH3 is 2. The Labute approximate surface area is 77.2 Å². The molecule has 0 aromatic carbocycles. The number of nitrogens with two attached hydrogens (primary N) is 1. The van der Waals surface area contributed by atoms with Crippen molar-refractivity contribution >= 4 is 11.9 Å². The second-order valence-corrected chi connectivity index (χ2v) is 2.66. The van der Waals surface area contributed by atoms with Crippen LogP contribution < -0.4 is 5.73 Å². The molecule has 0 aliphatic carbocycles. The first kappa shape index (κ1) is 11.9. The predicted octanol–water partition coefficient (Wildman–Crippen LogP) is -0.170. The molecule has 0 saturated heterocycles. The standard InChI is InChI=1S/C8H15NO4/c1-12-7(10)4-3-6(9)5-8(11)13-2/h6H,3-5,9H2,1-2H3. The maximum Gasteiger partial charge on any atom is 0.307 e. The van der Waals surface area contributed by atoms with Gasteiger partial charge in [0.2, 0.25) is 0 Å². The first-order valence-corrected chi connectivity index (χ1v) is 3.99. The molecule has 0 aromatic heterocycles. The molecule has 1 unspecified atom stereocenters. The zero-order valence-electron chi connectivity index (χ0n) is 7.91. The molecule has 0 bridgehead atoms. The number of carbonyl (C=O) groups excluding carboxylic acids is 2. The lowest BCUT2D eigenvalue weighted by atomic mass is 10.1. The van der Waals surface area contributed by atoms with Gasteiger partial charge in [0.1, 0.15) is 0 Å². The van der Waals surface area contributed by atoms with Gasteiger partial charge in [0.05, 0.1) is 20.6 Å². The van der Waals surface area contributed by atoms with Crippen LogP contribution >= 0.6 is 0 Å². The van der Waals surface area contributed by atoms with Crippen molar-refractivity contribution in [1.82, 2.24) is 0 Å². The second kappa shape index (κ2) is 6.42. The molecule has 13 heavy (non-hydrogen) atoms. The van der Waals surface area contributed by atoms with Gasteiger partial charge >= 0.3 is 11.9 Å². The van der Waals surface area contributed by atoms with Gasteiger partial charge in [-0.05, 0) is 6.42 Å². The number of esters is 2. The van der Waals surface area contributed by atoms with Gasteiger partial charge in [0.25, 0.3) is 0 Å². The van der Waals surface area contributed by atoms with E-state index in [-0.39, 0.29) is 30.8 Å². The van der Waals surface area contributed by atoms with Crippen molar-refractivity contribution in [3.8, 4) is 0 Å². The molecule has 0 heterocycles. The van der Waals surface area contributed by atoms with E-state index in [0.717, 1.165) is 0 Å². The molecule has 0 aromatic rings. The molecule has 0 saturated carbocycles. The van der Waals surface area contributed by atoms with Crippen molar-refractivity contribution in [1.29, 1.82) is 0 Å². The van der Waals surface area contributed by atoms with Crippen molar-refractivity contribution in [2.75, 3.05) is 14.2 Å². The lowest BCUT2D eigenvalue weighted by molar-refractivity contribution is -0.143. The average Bonchev–Trinajstić information content (AvgIpc) is 2.13. The highest BCUT2D eigenvalue weighted by Crippen LogP contribution is 2.01. The van der Waals surface area contributed by atoms with E-state index in [0.29, 0.717) is 6.42 Å². The Balaban J connectivity index is 3.56. The van der Waals surface area contributed by atoms with Crippen LogP contribution in [0.25, 0.3) is 0 Å². The molecule has 0 aliphatic heterocycles. The van der Waals surface area contributed by atoms with E-state index in [1.807, 2.05) is 0 Å². The monoisotopic (exact) mass is 189 g/mol. The SMILES string of the molecule is COC(=O)CCC(N)CC(=O)OC. The molecule has 5 heteroatoms. The van der Waals surface area contributed by atoms with Crippen molar-refractivity contribution < 1.29 is 19.1 Å². The van der Waals surface area contributed by atoms with Crippen LogP contribution in [-0.2, 0) is 19.1 Å². The van der Waals surface area contributed by atoms with Crippen molar-refractivity contribution in [2.45, 2.75) is 25.3 Å². The maximum atomic E-state index is 10.7. The van der Waals surface area contributed by atoms with Crippen LogP contribution in [0, 0.1) is 0 Å². The summed E-state index contributed by atoms with van der Waals surface area (Å²) in [6.45, 7) is 0. The third kappa shape index (κ3) is 6.10. The van der Waals surface area contributed by atoms with Crippen LogP contribution in [0.1, 0.15) is 19.3 Å². The normalized spacial score (nSPS) is 11.9. The minimum absolute atomic E-state index is 0.132. The van der Waals surface area contributed by atoms with E-state index < -0.39 is 0 Å². The molecular weight excluding hydrogens is 174 g/mol. The molecule has 1 atom stereocenters. The molecule has 0 spiro atoms. The van der Waals surface area contributed by atoms with E-state index in [1.165, 1.54) is 14.2 Å². The fourth-order valence-corrected chi connectivity index (χ4v) is 0.805. The summed E-state index contributed by atoms with van der Waals surface area (Å²) in [5.74, 6) is -0.683. The molecule has 2 N–H and O–H groups in total. The Hall–Kier alpha value is -1.10. The van der Waals surface area contributed by atoms with Crippen molar-refractivity contribution in [3.63, 3.8) is 0 Å². The van der Waals surface area contributed by atoms with Gasteiger partial charge < -0.3 is 15.2 Å². The highest BCUT2D eigenvalue weighted by Gasteiger charge is 2.11. The zero-order chi connectivity index (χ0) is 10.3. The van der Waals surface area contributed by atoms with Gasteiger partial charge in [0, 0.05) is 12.5 Å². The lowest BCUT2D eigenvalue weighted by Gasteiger charge is -2.08.